The van der Waals surface area contributed by atoms with E-state index in [9.17, 15) is 9.59 Å². The summed E-state index contributed by atoms with van der Waals surface area (Å²) in [6.07, 6.45) is 2.07. The van der Waals surface area contributed by atoms with Crippen molar-refractivity contribution < 1.29 is 9.59 Å². The van der Waals surface area contributed by atoms with Crippen LogP contribution in [0.2, 0.25) is 0 Å². The van der Waals surface area contributed by atoms with E-state index in [1.54, 1.807) is 0 Å². The fourth-order valence-corrected chi connectivity index (χ4v) is 1.27. The first-order valence-electron chi connectivity index (χ1n) is 4.07. The molecule has 0 atom stereocenters. The van der Waals surface area contributed by atoms with Gasteiger partial charge in [-0.2, -0.15) is 0 Å². The fraction of sp³-hybridized carbons (Fsp3) is 0.200. The van der Waals surface area contributed by atoms with Gasteiger partial charge in [0.25, 0.3) is 5.91 Å². The number of rotatable bonds is 3. The molecular weight excluding hydrogens is 246 g/mol. The van der Waals surface area contributed by atoms with Crippen molar-refractivity contribution in [2.45, 2.75) is 12.8 Å². The van der Waals surface area contributed by atoms with Crippen molar-refractivity contribution in [2.75, 3.05) is 0 Å². The lowest BCUT2D eigenvalue weighted by Crippen LogP contribution is -1.95. The third-order valence-corrected chi connectivity index (χ3v) is 2.24. The van der Waals surface area contributed by atoms with Crippen molar-refractivity contribution in [3.8, 4) is 0 Å². The summed E-state index contributed by atoms with van der Waals surface area (Å²) in [5, 5.41) is 0. The fourth-order valence-electron chi connectivity index (χ4n) is 1.01. The minimum absolute atomic E-state index is 0.247. The average molecular weight is 254 g/mol. The normalized spacial score (nSPS) is 9.21. The standard InChI is InChI=1S/C10H8BrNO2/c11-9-4-1-8(2-5-9)3-6-10(14)12-7-13/h1-2,4-5H,3,6H2. The maximum atomic E-state index is 10.8. The zero-order valence-corrected chi connectivity index (χ0v) is 8.95. The lowest BCUT2D eigenvalue weighted by atomic mass is 10.1. The summed E-state index contributed by atoms with van der Waals surface area (Å²) in [5.74, 6) is -0.428. The van der Waals surface area contributed by atoms with Crippen molar-refractivity contribution in [3.05, 3.63) is 34.3 Å². The number of benzene rings is 1. The number of aryl methyl sites for hydroxylation is 1. The Morgan fingerprint density at radius 2 is 2.00 bits per heavy atom. The van der Waals surface area contributed by atoms with E-state index < -0.39 is 5.91 Å². The summed E-state index contributed by atoms with van der Waals surface area (Å²) >= 11 is 3.31. The Hall–Kier alpha value is -1.25. The second-order valence-corrected chi connectivity index (χ2v) is 3.64. The average Bonchev–Trinajstić information content (AvgIpc) is 2.17. The van der Waals surface area contributed by atoms with Crippen LogP contribution in [0.25, 0.3) is 0 Å². The second-order valence-electron chi connectivity index (χ2n) is 2.72. The van der Waals surface area contributed by atoms with Gasteiger partial charge >= 0.3 is 0 Å². The van der Waals surface area contributed by atoms with E-state index in [2.05, 4.69) is 20.9 Å². The van der Waals surface area contributed by atoms with Crippen LogP contribution in [0.3, 0.4) is 0 Å². The molecule has 0 saturated carbocycles. The molecule has 0 unspecified atom stereocenters. The lowest BCUT2D eigenvalue weighted by molar-refractivity contribution is -0.117. The number of hydrogen-bond acceptors (Lipinski definition) is 2. The van der Waals surface area contributed by atoms with Gasteiger partial charge in [-0.3, -0.25) is 4.79 Å². The van der Waals surface area contributed by atoms with E-state index in [1.807, 2.05) is 24.3 Å². The molecule has 0 aliphatic carbocycles. The third kappa shape index (κ3) is 3.64. The molecule has 0 bridgehead atoms. The molecule has 1 aromatic carbocycles. The smallest absolute Gasteiger partial charge is 0.256 e. The molecule has 0 aromatic heterocycles. The number of isocyanates is 1. The second kappa shape index (κ2) is 5.47. The summed E-state index contributed by atoms with van der Waals surface area (Å²) < 4.78 is 0.999. The van der Waals surface area contributed by atoms with E-state index in [0.29, 0.717) is 6.42 Å². The Balaban J connectivity index is 2.49. The van der Waals surface area contributed by atoms with Crippen LogP contribution in [0.1, 0.15) is 12.0 Å². The van der Waals surface area contributed by atoms with E-state index in [0.717, 1.165) is 10.0 Å². The summed E-state index contributed by atoms with van der Waals surface area (Å²) in [6, 6.07) is 7.65. The predicted molar refractivity (Wildman–Crippen MR) is 55.6 cm³/mol. The van der Waals surface area contributed by atoms with Crippen molar-refractivity contribution >= 4 is 27.9 Å². The molecule has 0 heterocycles. The van der Waals surface area contributed by atoms with Crippen LogP contribution in [0.4, 0.5) is 0 Å². The Morgan fingerprint density at radius 1 is 1.36 bits per heavy atom. The minimum Gasteiger partial charge on any atom is -0.272 e. The molecule has 0 fully saturated rings. The number of carbonyl (C=O) groups is 1. The van der Waals surface area contributed by atoms with Gasteiger partial charge in [0.2, 0.25) is 6.08 Å². The van der Waals surface area contributed by atoms with Gasteiger partial charge in [0.15, 0.2) is 0 Å². The Kier molecular flexibility index (Phi) is 4.23. The van der Waals surface area contributed by atoms with Gasteiger partial charge in [0.05, 0.1) is 0 Å². The molecule has 4 heteroatoms. The van der Waals surface area contributed by atoms with E-state index in [1.165, 1.54) is 6.08 Å². The highest BCUT2D eigenvalue weighted by Crippen LogP contribution is 2.11. The van der Waals surface area contributed by atoms with Crippen LogP contribution in [0.5, 0.6) is 0 Å². The topological polar surface area (TPSA) is 46.5 Å². The van der Waals surface area contributed by atoms with Crippen molar-refractivity contribution in [1.82, 2.24) is 0 Å². The van der Waals surface area contributed by atoms with Gasteiger partial charge in [0, 0.05) is 10.9 Å². The minimum atomic E-state index is -0.428. The van der Waals surface area contributed by atoms with Gasteiger partial charge in [-0.05, 0) is 24.1 Å². The van der Waals surface area contributed by atoms with Crippen molar-refractivity contribution in [2.24, 2.45) is 4.99 Å². The van der Waals surface area contributed by atoms with Crippen LogP contribution in [-0.4, -0.2) is 12.0 Å². The highest BCUT2D eigenvalue weighted by atomic mass is 79.9. The molecule has 1 aromatic rings. The van der Waals surface area contributed by atoms with Gasteiger partial charge < -0.3 is 0 Å². The first kappa shape index (κ1) is 10.8. The monoisotopic (exact) mass is 253 g/mol. The molecular formula is C10H8BrNO2. The summed E-state index contributed by atoms with van der Waals surface area (Å²) in [4.78, 5) is 23.6. The molecule has 0 N–H and O–H groups in total. The maximum Gasteiger partial charge on any atom is 0.256 e. The van der Waals surface area contributed by atoms with Crippen LogP contribution in [0.15, 0.2) is 33.7 Å². The third-order valence-electron chi connectivity index (χ3n) is 1.71. The van der Waals surface area contributed by atoms with E-state index >= 15 is 0 Å². The Morgan fingerprint density at radius 3 is 2.57 bits per heavy atom. The number of carbonyl (C=O) groups excluding carboxylic acids is 2. The zero-order valence-electron chi connectivity index (χ0n) is 7.37. The van der Waals surface area contributed by atoms with Crippen LogP contribution in [0, 0.1) is 0 Å². The summed E-state index contributed by atoms with van der Waals surface area (Å²) in [6.45, 7) is 0. The molecule has 14 heavy (non-hydrogen) atoms. The van der Waals surface area contributed by atoms with E-state index in [4.69, 9.17) is 0 Å². The largest absolute Gasteiger partial charge is 0.272 e. The highest BCUT2D eigenvalue weighted by molar-refractivity contribution is 9.10. The number of amides is 1. The first-order valence-corrected chi connectivity index (χ1v) is 4.87. The van der Waals surface area contributed by atoms with Gasteiger partial charge in [-0.15, -0.1) is 4.99 Å². The maximum absolute atomic E-state index is 10.8. The first-order chi connectivity index (χ1) is 6.72. The molecule has 0 radical (unpaired) electrons. The molecule has 0 aliphatic heterocycles. The number of nitrogens with zero attached hydrogens (tertiary/aromatic N) is 1. The Labute approximate surface area is 90.0 Å². The summed E-state index contributed by atoms with van der Waals surface area (Å²) in [7, 11) is 0. The number of halogens is 1. The van der Waals surface area contributed by atoms with Gasteiger partial charge in [0.1, 0.15) is 0 Å². The highest BCUT2D eigenvalue weighted by Gasteiger charge is 1.99. The molecule has 3 nitrogen and oxygen atoms in total. The van der Waals surface area contributed by atoms with Crippen molar-refractivity contribution in [3.63, 3.8) is 0 Å². The van der Waals surface area contributed by atoms with Gasteiger partial charge in [-0.1, -0.05) is 28.1 Å². The van der Waals surface area contributed by atoms with Crippen LogP contribution < -0.4 is 0 Å². The van der Waals surface area contributed by atoms with Crippen LogP contribution >= 0.6 is 15.9 Å². The number of aliphatic imine (C=N–C) groups is 1. The zero-order chi connectivity index (χ0) is 10.4. The van der Waals surface area contributed by atoms with Crippen LogP contribution in [-0.2, 0) is 16.0 Å². The molecule has 72 valence electrons. The quantitative estimate of drug-likeness (QED) is 0.613. The van der Waals surface area contributed by atoms with E-state index in [-0.39, 0.29) is 6.42 Å². The summed E-state index contributed by atoms with van der Waals surface area (Å²) in [5.41, 5.74) is 1.04. The molecule has 0 aliphatic rings. The predicted octanol–water partition coefficient (Wildman–Crippen LogP) is 2.24. The molecule has 0 spiro atoms. The SMILES string of the molecule is O=C=NC(=O)CCc1ccc(Br)cc1. The number of hydrogen-bond donors (Lipinski definition) is 0. The lowest BCUT2D eigenvalue weighted by Gasteiger charge is -1.97. The van der Waals surface area contributed by atoms with Gasteiger partial charge in [-0.25, -0.2) is 4.79 Å². The van der Waals surface area contributed by atoms with Crippen molar-refractivity contribution in [1.29, 1.82) is 0 Å². The molecule has 1 amide bonds. The molecule has 0 saturated heterocycles. The molecule has 1 rings (SSSR count). The Bertz CT molecular complexity index is 366.